The summed E-state index contributed by atoms with van der Waals surface area (Å²) in [4.78, 5) is 11.6. The Morgan fingerprint density at radius 1 is 1.33 bits per heavy atom. The van der Waals surface area contributed by atoms with Crippen molar-refractivity contribution in [3.8, 4) is 0 Å². The number of nitrogens with one attached hydrogen (secondary N) is 2. The van der Waals surface area contributed by atoms with Gasteiger partial charge in [-0.25, -0.2) is 0 Å². The predicted molar refractivity (Wildman–Crippen MR) is 62.7 cm³/mol. The van der Waals surface area contributed by atoms with E-state index in [4.69, 9.17) is 0 Å². The standard InChI is InChI=1S/C12H24N2O/c1-9-5-4-6-11(10(9)2)14-12(15)7-8-13-3/h9-11,13H,4-8H2,1-3H3,(H,14,15). The Morgan fingerprint density at radius 3 is 2.73 bits per heavy atom. The Kier molecular flexibility index (Phi) is 5.09. The third-order valence-electron chi connectivity index (χ3n) is 3.66. The molecule has 0 heterocycles. The van der Waals surface area contributed by atoms with Crippen molar-refractivity contribution in [2.24, 2.45) is 11.8 Å². The Morgan fingerprint density at radius 2 is 2.07 bits per heavy atom. The van der Waals surface area contributed by atoms with E-state index in [2.05, 4.69) is 24.5 Å². The molecule has 0 saturated heterocycles. The second-order valence-corrected chi connectivity index (χ2v) is 4.79. The molecule has 0 aromatic carbocycles. The van der Waals surface area contributed by atoms with E-state index in [1.807, 2.05) is 7.05 Å². The number of hydrogen-bond acceptors (Lipinski definition) is 2. The van der Waals surface area contributed by atoms with Gasteiger partial charge in [0.2, 0.25) is 5.91 Å². The number of amides is 1. The largest absolute Gasteiger partial charge is 0.353 e. The van der Waals surface area contributed by atoms with Crippen LogP contribution in [-0.4, -0.2) is 25.5 Å². The van der Waals surface area contributed by atoms with Crippen LogP contribution in [0.1, 0.15) is 39.5 Å². The second-order valence-electron chi connectivity index (χ2n) is 4.79. The molecule has 1 aliphatic rings. The molecule has 3 unspecified atom stereocenters. The fourth-order valence-electron chi connectivity index (χ4n) is 2.30. The minimum absolute atomic E-state index is 0.190. The molecule has 1 saturated carbocycles. The molecule has 3 nitrogen and oxygen atoms in total. The Hall–Kier alpha value is -0.570. The summed E-state index contributed by atoms with van der Waals surface area (Å²) in [6.45, 7) is 5.31. The molecule has 1 fully saturated rings. The van der Waals surface area contributed by atoms with E-state index in [0.717, 1.165) is 18.9 Å². The van der Waals surface area contributed by atoms with Gasteiger partial charge in [-0.15, -0.1) is 0 Å². The summed E-state index contributed by atoms with van der Waals surface area (Å²) in [5.41, 5.74) is 0. The maximum Gasteiger partial charge on any atom is 0.221 e. The SMILES string of the molecule is CNCCC(=O)NC1CCCC(C)C1C. The van der Waals surface area contributed by atoms with Crippen molar-refractivity contribution in [1.29, 1.82) is 0 Å². The van der Waals surface area contributed by atoms with E-state index in [1.165, 1.54) is 12.8 Å². The molecular formula is C12H24N2O. The average molecular weight is 212 g/mol. The van der Waals surface area contributed by atoms with Crippen LogP contribution in [-0.2, 0) is 4.79 Å². The molecule has 88 valence electrons. The van der Waals surface area contributed by atoms with Crippen molar-refractivity contribution in [3.63, 3.8) is 0 Å². The van der Waals surface area contributed by atoms with Crippen molar-refractivity contribution in [3.05, 3.63) is 0 Å². The maximum atomic E-state index is 11.6. The average Bonchev–Trinajstić information content (AvgIpc) is 2.22. The van der Waals surface area contributed by atoms with E-state index >= 15 is 0 Å². The van der Waals surface area contributed by atoms with Gasteiger partial charge in [-0.1, -0.05) is 26.7 Å². The first kappa shape index (κ1) is 12.5. The van der Waals surface area contributed by atoms with Crippen LogP contribution in [0, 0.1) is 11.8 Å². The highest BCUT2D eigenvalue weighted by Crippen LogP contribution is 2.29. The summed E-state index contributed by atoms with van der Waals surface area (Å²) in [7, 11) is 1.87. The van der Waals surface area contributed by atoms with E-state index in [1.54, 1.807) is 0 Å². The van der Waals surface area contributed by atoms with Crippen molar-refractivity contribution in [2.45, 2.75) is 45.6 Å². The number of hydrogen-bond donors (Lipinski definition) is 2. The van der Waals surface area contributed by atoms with Crippen molar-refractivity contribution < 1.29 is 4.79 Å². The van der Waals surface area contributed by atoms with E-state index in [9.17, 15) is 4.79 Å². The van der Waals surface area contributed by atoms with Gasteiger partial charge in [0.25, 0.3) is 0 Å². The summed E-state index contributed by atoms with van der Waals surface area (Å²) in [5.74, 6) is 1.56. The Labute approximate surface area is 93.0 Å². The number of rotatable bonds is 4. The van der Waals surface area contributed by atoms with Crippen LogP contribution in [0.4, 0.5) is 0 Å². The van der Waals surface area contributed by atoms with Gasteiger partial charge in [-0.2, -0.15) is 0 Å². The van der Waals surface area contributed by atoms with Gasteiger partial charge >= 0.3 is 0 Å². The van der Waals surface area contributed by atoms with Crippen molar-refractivity contribution in [2.75, 3.05) is 13.6 Å². The monoisotopic (exact) mass is 212 g/mol. The first-order valence-corrected chi connectivity index (χ1v) is 6.09. The van der Waals surface area contributed by atoms with Crippen LogP contribution in [0.15, 0.2) is 0 Å². The predicted octanol–water partition coefficient (Wildman–Crippen LogP) is 1.54. The minimum atomic E-state index is 0.190. The summed E-state index contributed by atoms with van der Waals surface area (Å²) in [6.07, 6.45) is 4.30. The molecule has 1 amide bonds. The van der Waals surface area contributed by atoms with Gasteiger partial charge in [-0.3, -0.25) is 4.79 Å². The summed E-state index contributed by atoms with van der Waals surface area (Å²) < 4.78 is 0. The van der Waals surface area contributed by atoms with Crippen molar-refractivity contribution >= 4 is 5.91 Å². The highest BCUT2D eigenvalue weighted by Gasteiger charge is 2.27. The Balaban J connectivity index is 2.33. The molecule has 15 heavy (non-hydrogen) atoms. The lowest BCUT2D eigenvalue weighted by Gasteiger charge is -2.34. The lowest BCUT2D eigenvalue weighted by Crippen LogP contribution is -2.44. The molecule has 2 N–H and O–H groups in total. The third kappa shape index (κ3) is 3.82. The molecule has 0 aliphatic heterocycles. The zero-order valence-electron chi connectivity index (χ0n) is 10.2. The van der Waals surface area contributed by atoms with E-state index < -0.39 is 0 Å². The lowest BCUT2D eigenvalue weighted by molar-refractivity contribution is -0.122. The van der Waals surface area contributed by atoms with Gasteiger partial charge in [0.1, 0.15) is 0 Å². The van der Waals surface area contributed by atoms with Gasteiger partial charge in [-0.05, 0) is 25.3 Å². The minimum Gasteiger partial charge on any atom is -0.353 e. The normalized spacial score (nSPS) is 31.3. The lowest BCUT2D eigenvalue weighted by atomic mass is 9.78. The highest BCUT2D eigenvalue weighted by molar-refractivity contribution is 5.76. The van der Waals surface area contributed by atoms with E-state index in [0.29, 0.717) is 18.4 Å². The molecule has 3 atom stereocenters. The molecule has 3 heteroatoms. The van der Waals surface area contributed by atoms with Gasteiger partial charge < -0.3 is 10.6 Å². The molecule has 1 rings (SSSR count). The van der Waals surface area contributed by atoms with Crippen LogP contribution in [0.5, 0.6) is 0 Å². The first-order chi connectivity index (χ1) is 7.15. The smallest absolute Gasteiger partial charge is 0.221 e. The summed E-state index contributed by atoms with van der Waals surface area (Å²) in [5, 5.41) is 6.15. The molecule has 0 aromatic rings. The zero-order chi connectivity index (χ0) is 11.3. The quantitative estimate of drug-likeness (QED) is 0.742. The molecule has 0 radical (unpaired) electrons. The topological polar surface area (TPSA) is 41.1 Å². The van der Waals surface area contributed by atoms with Crippen LogP contribution < -0.4 is 10.6 Å². The van der Waals surface area contributed by atoms with Crippen LogP contribution in [0.25, 0.3) is 0 Å². The molecule has 0 aromatic heterocycles. The Bertz CT molecular complexity index is 206. The van der Waals surface area contributed by atoms with E-state index in [-0.39, 0.29) is 5.91 Å². The third-order valence-corrected chi connectivity index (χ3v) is 3.66. The van der Waals surface area contributed by atoms with Crippen LogP contribution >= 0.6 is 0 Å². The first-order valence-electron chi connectivity index (χ1n) is 6.09. The fraction of sp³-hybridized carbons (Fsp3) is 0.917. The van der Waals surface area contributed by atoms with Gasteiger partial charge in [0, 0.05) is 19.0 Å². The molecular weight excluding hydrogens is 188 g/mol. The maximum absolute atomic E-state index is 11.6. The summed E-state index contributed by atoms with van der Waals surface area (Å²) in [6, 6.07) is 0.401. The summed E-state index contributed by atoms with van der Waals surface area (Å²) >= 11 is 0. The molecule has 1 aliphatic carbocycles. The number of carbonyl (C=O) groups is 1. The highest BCUT2D eigenvalue weighted by atomic mass is 16.1. The molecule has 0 spiro atoms. The van der Waals surface area contributed by atoms with Crippen LogP contribution in [0.2, 0.25) is 0 Å². The fourth-order valence-corrected chi connectivity index (χ4v) is 2.30. The second kappa shape index (κ2) is 6.11. The van der Waals surface area contributed by atoms with Crippen LogP contribution in [0.3, 0.4) is 0 Å². The van der Waals surface area contributed by atoms with Gasteiger partial charge in [0.05, 0.1) is 0 Å². The zero-order valence-corrected chi connectivity index (χ0v) is 10.2. The number of carbonyl (C=O) groups excluding carboxylic acids is 1. The van der Waals surface area contributed by atoms with Gasteiger partial charge in [0.15, 0.2) is 0 Å². The van der Waals surface area contributed by atoms with Crippen molar-refractivity contribution in [1.82, 2.24) is 10.6 Å². The molecule has 0 bridgehead atoms.